The molecule has 0 saturated carbocycles. The Kier molecular flexibility index (Phi) is 8.01. The minimum Gasteiger partial charge on any atom is -0.456 e. The second-order valence-corrected chi connectivity index (χ2v) is 4.15. The predicted octanol–water partition coefficient (Wildman–Crippen LogP) is 0.573. The smallest absolute Gasteiger partial charge is 0.333 e. The molecule has 0 heterocycles. The van der Waals surface area contributed by atoms with Crippen molar-refractivity contribution in [2.45, 2.75) is 6.92 Å². The van der Waals surface area contributed by atoms with Gasteiger partial charge >= 0.3 is 5.97 Å². The Bertz CT molecular complexity index is 253. The molecule has 0 aromatic heterocycles. The van der Waals surface area contributed by atoms with Crippen molar-refractivity contribution in [1.82, 2.24) is 0 Å². The highest BCUT2D eigenvalue weighted by molar-refractivity contribution is 5.86. The van der Waals surface area contributed by atoms with Gasteiger partial charge in [-0.25, -0.2) is 4.79 Å². The molecule has 0 aromatic carbocycles. The summed E-state index contributed by atoms with van der Waals surface area (Å²) in [5.41, 5.74) is 0.455. The Morgan fingerprint density at radius 2 is 1.75 bits per heavy atom. The van der Waals surface area contributed by atoms with Gasteiger partial charge in [-0.2, -0.15) is 0 Å². The van der Waals surface area contributed by atoms with E-state index in [0.717, 1.165) is 11.0 Å². The fourth-order valence-corrected chi connectivity index (χ4v) is 0.535. The van der Waals surface area contributed by atoms with Crippen LogP contribution in [0.15, 0.2) is 12.2 Å². The first-order chi connectivity index (χ1) is 7.06. The molecule has 0 rings (SSSR count). The predicted molar refractivity (Wildman–Crippen MR) is 59.0 cm³/mol. The van der Waals surface area contributed by atoms with Gasteiger partial charge in [-0.15, -0.1) is 0 Å². The van der Waals surface area contributed by atoms with Gasteiger partial charge in [0.25, 0.3) is 0 Å². The average Bonchev–Trinajstić information content (AvgIpc) is 2.00. The zero-order valence-electron chi connectivity index (χ0n) is 10.1. The molecule has 0 saturated heterocycles. The maximum atomic E-state index is 10.9. The molecule has 0 atom stereocenters. The number of quaternary nitrogens is 1. The number of likely N-dealkylation sites (N-methyl/N-ethyl adjacent to an activating group) is 1. The van der Waals surface area contributed by atoms with Crippen LogP contribution in [-0.4, -0.2) is 49.8 Å². The van der Waals surface area contributed by atoms with Crippen LogP contribution in [0.25, 0.3) is 0 Å². The first-order valence-electron chi connectivity index (χ1n) is 4.51. The maximum Gasteiger partial charge on any atom is 0.333 e. The fourth-order valence-electron chi connectivity index (χ4n) is 0.535. The maximum absolute atomic E-state index is 10.9. The van der Waals surface area contributed by atoms with Crippen LogP contribution in [0.3, 0.4) is 0 Å². The zero-order chi connectivity index (χ0) is 13.4. The molecule has 0 aliphatic heterocycles. The van der Waals surface area contributed by atoms with E-state index in [1.807, 2.05) is 0 Å². The number of nitrogens with zero attached hydrogens (tertiary/aromatic N) is 2. The van der Waals surface area contributed by atoms with Gasteiger partial charge in [0.1, 0.15) is 13.2 Å². The van der Waals surface area contributed by atoms with Crippen molar-refractivity contribution in [2.75, 3.05) is 34.3 Å². The van der Waals surface area contributed by atoms with Gasteiger partial charge in [-0.1, -0.05) is 6.58 Å². The van der Waals surface area contributed by atoms with Crippen molar-refractivity contribution in [2.24, 2.45) is 0 Å². The lowest BCUT2D eigenvalue weighted by Gasteiger charge is -2.23. The van der Waals surface area contributed by atoms with Crippen LogP contribution in [0.5, 0.6) is 0 Å². The van der Waals surface area contributed by atoms with Gasteiger partial charge in [0.05, 0.1) is 26.2 Å². The Morgan fingerprint density at radius 3 is 2.00 bits per heavy atom. The highest BCUT2D eigenvalue weighted by atomic mass is 16.9. The van der Waals surface area contributed by atoms with Crippen molar-refractivity contribution in [3.63, 3.8) is 0 Å². The molecule has 0 radical (unpaired) electrons. The third-order valence-electron chi connectivity index (χ3n) is 1.34. The molecule has 0 spiro atoms. The third-order valence-corrected chi connectivity index (χ3v) is 1.34. The number of hydrogen-bond acceptors (Lipinski definition) is 5. The standard InChI is InChI=1S/C9H18NO2.NO3/c1-8(2)9(11)12-7-6-10(3,4)5;2-1(3)4/h1,6-7H2,2-5H3;/q+1;-1. The van der Waals surface area contributed by atoms with Crippen LogP contribution >= 0.6 is 0 Å². The summed E-state index contributed by atoms with van der Waals surface area (Å²) in [7, 11) is 6.15. The molecule has 0 unspecified atom stereocenters. The quantitative estimate of drug-likeness (QED) is 0.233. The average molecular weight is 234 g/mol. The minimum atomic E-state index is -1.75. The normalized spacial score (nSPS) is 9.75. The van der Waals surface area contributed by atoms with Gasteiger partial charge in [0, 0.05) is 5.57 Å². The summed E-state index contributed by atoms with van der Waals surface area (Å²) in [5.74, 6) is -0.302. The topological polar surface area (TPSA) is 92.5 Å². The second-order valence-electron chi connectivity index (χ2n) is 4.15. The van der Waals surface area contributed by atoms with E-state index in [2.05, 4.69) is 27.7 Å². The van der Waals surface area contributed by atoms with Crippen LogP contribution in [0.2, 0.25) is 0 Å². The third kappa shape index (κ3) is 18.2. The number of carbonyl (C=O) groups is 1. The van der Waals surface area contributed by atoms with E-state index in [1.54, 1.807) is 6.92 Å². The Labute approximate surface area is 94.6 Å². The van der Waals surface area contributed by atoms with Crippen LogP contribution < -0.4 is 0 Å². The number of rotatable bonds is 4. The van der Waals surface area contributed by atoms with Crippen molar-refractivity contribution in [1.29, 1.82) is 0 Å². The molecule has 0 N–H and O–H groups in total. The molecule has 0 aromatic rings. The molecular formula is C9H18N2O5. The van der Waals surface area contributed by atoms with Crippen molar-refractivity contribution in [3.05, 3.63) is 27.5 Å². The largest absolute Gasteiger partial charge is 0.456 e. The first-order valence-corrected chi connectivity index (χ1v) is 4.51. The molecule has 0 aliphatic rings. The van der Waals surface area contributed by atoms with E-state index in [0.29, 0.717) is 12.2 Å². The summed E-state index contributed by atoms with van der Waals surface area (Å²) in [4.78, 5) is 19.1. The molecule has 0 bridgehead atoms. The number of hydrogen-bond donors (Lipinski definition) is 0. The van der Waals surface area contributed by atoms with Gasteiger partial charge in [0.2, 0.25) is 0 Å². The lowest BCUT2D eigenvalue weighted by molar-refractivity contribution is -0.870. The Balaban J connectivity index is 0. The summed E-state index contributed by atoms with van der Waals surface area (Å²) >= 11 is 0. The van der Waals surface area contributed by atoms with E-state index in [1.165, 1.54) is 0 Å². The zero-order valence-corrected chi connectivity index (χ0v) is 10.1. The van der Waals surface area contributed by atoms with Gasteiger partial charge in [-0.3, -0.25) is 0 Å². The van der Waals surface area contributed by atoms with Gasteiger partial charge < -0.3 is 24.5 Å². The molecule has 94 valence electrons. The monoisotopic (exact) mass is 234 g/mol. The van der Waals surface area contributed by atoms with E-state index >= 15 is 0 Å². The van der Waals surface area contributed by atoms with E-state index in [4.69, 9.17) is 20.1 Å². The second kappa shape index (κ2) is 7.63. The lowest BCUT2D eigenvalue weighted by atomic mass is 10.4. The van der Waals surface area contributed by atoms with Crippen molar-refractivity contribution >= 4 is 5.97 Å². The van der Waals surface area contributed by atoms with Crippen LogP contribution in [0.1, 0.15) is 6.92 Å². The van der Waals surface area contributed by atoms with Crippen molar-refractivity contribution in [3.8, 4) is 0 Å². The summed E-state index contributed by atoms with van der Waals surface area (Å²) < 4.78 is 5.72. The van der Waals surface area contributed by atoms with Crippen LogP contribution in [0, 0.1) is 15.3 Å². The number of esters is 1. The molecule has 0 fully saturated rings. The summed E-state index contributed by atoms with van der Waals surface area (Å²) in [5, 5.41) is 14.8. The van der Waals surface area contributed by atoms with E-state index in [9.17, 15) is 4.79 Å². The summed E-state index contributed by atoms with van der Waals surface area (Å²) in [6.07, 6.45) is 0. The Hall–Kier alpha value is -1.63. The van der Waals surface area contributed by atoms with Gasteiger partial charge in [-0.05, 0) is 6.92 Å². The number of ether oxygens (including phenoxy) is 1. The SMILES string of the molecule is C=C(C)C(=O)OCC[N+](C)(C)C.O=[N+]([O-])[O-]. The van der Waals surface area contributed by atoms with Gasteiger partial charge in [0.15, 0.2) is 0 Å². The first kappa shape index (κ1) is 16.8. The number of carbonyl (C=O) groups excluding carboxylic acids is 1. The lowest BCUT2D eigenvalue weighted by Crippen LogP contribution is -2.38. The minimum absolute atomic E-state index is 0.302. The molecule has 0 amide bonds. The summed E-state index contributed by atoms with van der Waals surface area (Å²) in [6, 6.07) is 0. The molecule has 0 aliphatic carbocycles. The highest BCUT2D eigenvalue weighted by Gasteiger charge is 2.09. The molecular weight excluding hydrogens is 216 g/mol. The van der Waals surface area contributed by atoms with Crippen LogP contribution in [0.4, 0.5) is 0 Å². The van der Waals surface area contributed by atoms with Crippen LogP contribution in [-0.2, 0) is 9.53 Å². The van der Waals surface area contributed by atoms with E-state index in [-0.39, 0.29) is 5.97 Å². The van der Waals surface area contributed by atoms with E-state index < -0.39 is 5.09 Å². The highest BCUT2D eigenvalue weighted by Crippen LogP contribution is 1.94. The molecule has 7 heteroatoms. The molecule has 16 heavy (non-hydrogen) atoms. The fraction of sp³-hybridized carbons (Fsp3) is 0.667. The summed E-state index contributed by atoms with van der Waals surface area (Å²) in [6.45, 7) is 6.41. The van der Waals surface area contributed by atoms with Crippen molar-refractivity contribution < 1.29 is 19.1 Å². The molecule has 7 nitrogen and oxygen atoms in total. The Morgan fingerprint density at radius 1 is 1.38 bits per heavy atom.